The van der Waals surface area contributed by atoms with Crippen LogP contribution in [-0.4, -0.2) is 11.6 Å². The van der Waals surface area contributed by atoms with E-state index in [1.54, 1.807) is 11.9 Å². The molecule has 4 heteroatoms. The van der Waals surface area contributed by atoms with Gasteiger partial charge < -0.3 is 4.89 Å². The minimum absolute atomic E-state index is 0.224. The van der Waals surface area contributed by atoms with Crippen molar-refractivity contribution in [1.29, 1.82) is 0 Å². The maximum absolute atomic E-state index is 14.3. The Morgan fingerprint density at radius 2 is 1.09 bits per heavy atom. The highest BCUT2D eigenvalue weighted by molar-refractivity contribution is 7.45. The van der Waals surface area contributed by atoms with E-state index in [1.807, 2.05) is 96.1 Å². The molecule has 4 aromatic rings. The molecule has 0 aliphatic heterocycles. The Labute approximate surface area is 208 Å². The molecule has 1 heterocycles. The predicted molar refractivity (Wildman–Crippen MR) is 143 cm³/mol. The summed E-state index contributed by atoms with van der Waals surface area (Å²) in [7, 11) is -2.00. The van der Waals surface area contributed by atoms with Crippen molar-refractivity contribution in [2.45, 2.75) is 41.5 Å². The van der Waals surface area contributed by atoms with Gasteiger partial charge in [-0.1, -0.05) is 65.7 Å². The van der Waals surface area contributed by atoms with E-state index in [1.165, 1.54) is 0 Å². The molecule has 0 aliphatic carbocycles. The Kier molecular flexibility index (Phi) is 6.85. The third-order valence-corrected chi connectivity index (χ3v) is 7.77. The lowest BCUT2D eigenvalue weighted by molar-refractivity contribution is -0.150. The summed E-state index contributed by atoms with van der Waals surface area (Å²) in [6.45, 7) is 11.6. The van der Waals surface area contributed by atoms with Gasteiger partial charge in [-0.15, -0.1) is 0 Å². The third kappa shape index (κ3) is 4.62. The maximum atomic E-state index is 14.3. The molecule has 0 saturated carbocycles. The molecule has 0 amide bonds. The maximum Gasteiger partial charge on any atom is 0.198 e. The first-order valence-electron chi connectivity index (χ1n) is 11.7. The van der Waals surface area contributed by atoms with Crippen molar-refractivity contribution in [2.75, 3.05) is 0 Å². The monoisotopic (exact) mass is 480 g/mol. The molecule has 0 N–H and O–H groups in total. The van der Waals surface area contributed by atoms with Crippen molar-refractivity contribution in [1.82, 2.24) is 0 Å². The lowest BCUT2D eigenvalue weighted by Gasteiger charge is -2.17. The normalized spacial score (nSPS) is 11.5. The summed E-state index contributed by atoms with van der Waals surface area (Å²) in [4.78, 5) is 41.7. The van der Waals surface area contributed by atoms with Crippen LogP contribution in [0.1, 0.15) is 65.2 Å². The van der Waals surface area contributed by atoms with Gasteiger partial charge in [0.15, 0.2) is 16.9 Å². The largest absolute Gasteiger partial charge is 0.626 e. The quantitative estimate of drug-likeness (QED) is 0.287. The average Bonchev–Trinajstić information content (AvgIpc) is 2.77. The lowest BCUT2D eigenvalue weighted by Crippen LogP contribution is -2.17. The van der Waals surface area contributed by atoms with Crippen LogP contribution in [0.25, 0.3) is 10.9 Å². The topological polar surface area (TPSA) is 57.2 Å². The molecule has 0 saturated heterocycles. The molecular weight excluding hydrogens is 451 g/mol. The molecule has 0 radical (unpaired) electrons. The second-order valence-corrected chi connectivity index (χ2v) is 10.7. The van der Waals surface area contributed by atoms with Gasteiger partial charge in [0.25, 0.3) is 0 Å². The molecule has 35 heavy (non-hydrogen) atoms. The van der Waals surface area contributed by atoms with E-state index in [0.29, 0.717) is 22.0 Å². The van der Waals surface area contributed by atoms with Crippen molar-refractivity contribution in [3.8, 4) is 10.9 Å². The van der Waals surface area contributed by atoms with E-state index in [9.17, 15) is 14.5 Å². The van der Waals surface area contributed by atoms with Crippen molar-refractivity contribution >= 4 is 19.3 Å². The first-order valence-corrected chi connectivity index (χ1v) is 13.0. The van der Waals surface area contributed by atoms with Crippen molar-refractivity contribution in [3.05, 3.63) is 122 Å². The first-order chi connectivity index (χ1) is 16.6. The molecule has 3 aromatic carbocycles. The summed E-state index contributed by atoms with van der Waals surface area (Å²) in [6, 6.07) is 18.7. The van der Waals surface area contributed by atoms with Crippen LogP contribution in [0.2, 0.25) is 0 Å². The zero-order chi connectivity index (χ0) is 25.4. The second-order valence-electron chi connectivity index (χ2n) is 9.35. The second kappa shape index (κ2) is 9.70. The molecule has 0 bridgehead atoms. The predicted octanol–water partition coefficient (Wildman–Crippen LogP) is 7.06. The lowest BCUT2D eigenvalue weighted by atomic mass is 9.86. The SMILES string of the molecule is Cc1cc(C)c(C(=O)c2cc[p+]([O-])c(-c3ccccc3)c2C(=O)c2c(C)cc(C)cc2C)c(C)c1. The third-order valence-electron chi connectivity index (χ3n) is 6.43. The van der Waals surface area contributed by atoms with Crippen LogP contribution in [0.5, 0.6) is 0 Å². The average molecular weight is 481 g/mol. The summed E-state index contributed by atoms with van der Waals surface area (Å²) in [5.41, 5.74) is 7.89. The number of ketones is 2. The molecule has 0 aliphatic rings. The van der Waals surface area contributed by atoms with Gasteiger partial charge in [-0.3, -0.25) is 9.59 Å². The van der Waals surface area contributed by atoms with Gasteiger partial charge in [-0.2, -0.15) is 0 Å². The number of hydrogen-bond donors (Lipinski definition) is 0. The highest BCUT2D eigenvalue weighted by atomic mass is 31.1. The van der Waals surface area contributed by atoms with Gasteiger partial charge in [-0.05, 0) is 69.9 Å². The van der Waals surface area contributed by atoms with Crippen LogP contribution in [-0.2, 0) is 0 Å². The van der Waals surface area contributed by atoms with Crippen LogP contribution in [0.15, 0.2) is 66.5 Å². The number of hydrogen-bond acceptors (Lipinski definition) is 3. The van der Waals surface area contributed by atoms with E-state index in [0.717, 1.165) is 33.4 Å². The highest BCUT2D eigenvalue weighted by Gasteiger charge is 2.31. The van der Waals surface area contributed by atoms with Gasteiger partial charge >= 0.3 is 0 Å². The van der Waals surface area contributed by atoms with E-state index in [-0.39, 0.29) is 22.7 Å². The minimum Gasteiger partial charge on any atom is -0.626 e. The van der Waals surface area contributed by atoms with Crippen LogP contribution in [0.4, 0.5) is 0 Å². The Hall–Kier alpha value is -3.39. The molecule has 4 rings (SSSR count). The Morgan fingerprint density at radius 3 is 1.57 bits per heavy atom. The Bertz CT molecular complexity index is 1440. The van der Waals surface area contributed by atoms with Crippen LogP contribution in [0, 0.1) is 41.5 Å². The molecule has 0 fully saturated rings. The number of benzene rings is 3. The van der Waals surface area contributed by atoms with Crippen LogP contribution in [0.3, 0.4) is 0 Å². The zero-order valence-corrected chi connectivity index (χ0v) is 21.9. The molecule has 1 unspecified atom stereocenters. The first kappa shape index (κ1) is 24.7. The minimum atomic E-state index is -2.00. The summed E-state index contributed by atoms with van der Waals surface area (Å²) in [6.07, 6.45) is 0. The fraction of sp³-hybridized carbons (Fsp3) is 0.194. The van der Waals surface area contributed by atoms with Gasteiger partial charge in [0.2, 0.25) is 0 Å². The van der Waals surface area contributed by atoms with E-state index in [2.05, 4.69) is 0 Å². The van der Waals surface area contributed by atoms with Gasteiger partial charge in [0, 0.05) is 22.3 Å². The van der Waals surface area contributed by atoms with E-state index >= 15 is 0 Å². The molecule has 3 nitrogen and oxygen atoms in total. The highest BCUT2D eigenvalue weighted by Crippen LogP contribution is 2.41. The van der Waals surface area contributed by atoms with Gasteiger partial charge in [0.05, 0.1) is 13.3 Å². The summed E-state index contributed by atoms with van der Waals surface area (Å²) >= 11 is 0. The van der Waals surface area contributed by atoms with Crippen molar-refractivity contribution in [3.63, 3.8) is 0 Å². The van der Waals surface area contributed by atoms with Crippen LogP contribution >= 0.6 is 7.76 Å². The number of rotatable bonds is 5. The summed E-state index contributed by atoms with van der Waals surface area (Å²) in [5, 5.41) is 0.415. The smallest absolute Gasteiger partial charge is 0.198 e. The molecule has 1 atom stereocenters. The van der Waals surface area contributed by atoms with Crippen LogP contribution < -0.4 is 4.89 Å². The fourth-order valence-electron chi connectivity index (χ4n) is 5.16. The number of carbonyl (C=O) groups is 2. The summed E-state index contributed by atoms with van der Waals surface area (Å²) in [5.74, 6) is 1.06. The number of carbonyl (C=O) groups excluding carboxylic acids is 2. The standard InChI is InChI=1S/C31H29O3P/c1-18-14-20(3)26(21(4)15-18)29(32)25-12-13-35(34)31(24-10-8-7-9-11-24)28(25)30(33)27-22(5)16-19(2)17-23(27)6/h7-17H,1-6H3. The molecule has 0 spiro atoms. The summed E-state index contributed by atoms with van der Waals surface area (Å²) < 4.78 is 0. The Balaban J connectivity index is 2.07. The number of aryl methyl sites for hydroxylation is 6. The van der Waals surface area contributed by atoms with Gasteiger partial charge in [0.1, 0.15) is 5.80 Å². The molecule has 1 aromatic heterocycles. The van der Waals surface area contributed by atoms with E-state index < -0.39 is 7.76 Å². The molecular formula is C31H29O3P. The van der Waals surface area contributed by atoms with Crippen molar-refractivity contribution < 1.29 is 14.5 Å². The van der Waals surface area contributed by atoms with E-state index in [4.69, 9.17) is 0 Å². The molecule has 176 valence electrons. The Morgan fingerprint density at radius 1 is 0.629 bits per heavy atom. The zero-order valence-electron chi connectivity index (χ0n) is 21.0. The fourth-order valence-corrected chi connectivity index (χ4v) is 6.44. The van der Waals surface area contributed by atoms with Gasteiger partial charge in [-0.25, -0.2) is 0 Å². The van der Waals surface area contributed by atoms with Crippen molar-refractivity contribution in [2.24, 2.45) is 0 Å².